The molecule has 0 atom stereocenters. The normalized spacial score (nSPS) is 10.9. The van der Waals surface area contributed by atoms with E-state index < -0.39 is 5.97 Å². The molecule has 1 N–H and O–H groups in total. The molecule has 0 amide bonds. The lowest BCUT2D eigenvalue weighted by atomic mass is 10.1. The summed E-state index contributed by atoms with van der Waals surface area (Å²) in [5, 5.41) is 9.94. The van der Waals surface area contributed by atoms with Gasteiger partial charge < -0.3 is 9.67 Å². The van der Waals surface area contributed by atoms with Crippen molar-refractivity contribution in [3.63, 3.8) is 0 Å². The monoisotopic (exact) mass is 267 g/mol. The average molecular weight is 268 g/mol. The summed E-state index contributed by atoms with van der Waals surface area (Å²) < 4.78 is 2.71. The number of carboxylic acid groups (broad SMARTS) is 1. The second-order valence-electron chi connectivity index (χ2n) is 3.46. The van der Waals surface area contributed by atoms with Gasteiger partial charge in [-0.15, -0.1) is 0 Å². The van der Waals surface area contributed by atoms with Crippen LogP contribution in [0.4, 0.5) is 0 Å². The first-order valence-electron chi connectivity index (χ1n) is 4.51. The molecular formula is C11H10BrNO2. The number of carbonyl (C=O) groups is 1. The molecule has 0 spiro atoms. The minimum Gasteiger partial charge on any atom is -0.478 e. The molecule has 0 aliphatic heterocycles. The van der Waals surface area contributed by atoms with Crippen LogP contribution < -0.4 is 0 Å². The molecule has 4 heteroatoms. The van der Waals surface area contributed by atoms with Crippen LogP contribution in [0.1, 0.15) is 16.1 Å². The fraction of sp³-hybridized carbons (Fsp3) is 0.182. The Morgan fingerprint density at radius 3 is 2.73 bits per heavy atom. The predicted octanol–water partition coefficient (Wildman–Crippen LogP) is 2.95. The maximum absolute atomic E-state index is 11.2. The number of rotatable bonds is 1. The van der Waals surface area contributed by atoms with Gasteiger partial charge in [-0.2, -0.15) is 0 Å². The zero-order valence-corrected chi connectivity index (χ0v) is 10.00. The molecule has 78 valence electrons. The molecule has 0 bridgehead atoms. The fourth-order valence-electron chi connectivity index (χ4n) is 1.83. The SMILES string of the molecule is Cc1c(C(=O)O)c2c(Br)cccc2n1C. The van der Waals surface area contributed by atoms with E-state index in [1.165, 1.54) is 0 Å². The Morgan fingerprint density at radius 1 is 1.47 bits per heavy atom. The van der Waals surface area contributed by atoms with Crippen molar-refractivity contribution in [2.75, 3.05) is 0 Å². The van der Waals surface area contributed by atoms with Gasteiger partial charge in [-0.1, -0.05) is 22.0 Å². The summed E-state index contributed by atoms with van der Waals surface area (Å²) in [7, 11) is 1.87. The van der Waals surface area contributed by atoms with E-state index in [1.807, 2.05) is 36.7 Å². The Hall–Kier alpha value is -1.29. The maximum Gasteiger partial charge on any atom is 0.338 e. The summed E-state index contributed by atoms with van der Waals surface area (Å²) in [5.41, 5.74) is 2.07. The molecule has 1 heterocycles. The average Bonchev–Trinajstić information content (AvgIpc) is 2.43. The lowest BCUT2D eigenvalue weighted by Gasteiger charge is -1.97. The van der Waals surface area contributed by atoms with Gasteiger partial charge in [0.1, 0.15) is 0 Å². The highest BCUT2D eigenvalue weighted by molar-refractivity contribution is 9.10. The number of carboxylic acids is 1. The van der Waals surface area contributed by atoms with Crippen LogP contribution in [-0.2, 0) is 7.05 Å². The number of halogens is 1. The molecule has 3 nitrogen and oxygen atoms in total. The summed E-state index contributed by atoms with van der Waals surface area (Å²) in [6, 6.07) is 5.67. The molecule has 0 saturated carbocycles. The predicted molar refractivity (Wildman–Crippen MR) is 62.3 cm³/mol. The lowest BCUT2D eigenvalue weighted by molar-refractivity contribution is 0.0698. The van der Waals surface area contributed by atoms with Crippen LogP contribution in [-0.4, -0.2) is 15.6 Å². The minimum atomic E-state index is -0.884. The number of aromatic nitrogens is 1. The van der Waals surface area contributed by atoms with Gasteiger partial charge >= 0.3 is 5.97 Å². The Kier molecular flexibility index (Phi) is 2.31. The van der Waals surface area contributed by atoms with Crippen LogP contribution >= 0.6 is 15.9 Å². The highest BCUT2D eigenvalue weighted by atomic mass is 79.9. The van der Waals surface area contributed by atoms with E-state index in [1.54, 1.807) is 0 Å². The fourth-order valence-corrected chi connectivity index (χ4v) is 2.38. The van der Waals surface area contributed by atoms with E-state index in [-0.39, 0.29) is 0 Å². The van der Waals surface area contributed by atoms with Crippen LogP contribution in [0.15, 0.2) is 22.7 Å². The van der Waals surface area contributed by atoms with Gasteiger partial charge in [-0.05, 0) is 19.1 Å². The maximum atomic E-state index is 11.2. The lowest BCUT2D eigenvalue weighted by Crippen LogP contribution is -1.99. The van der Waals surface area contributed by atoms with E-state index in [2.05, 4.69) is 15.9 Å². The summed E-state index contributed by atoms with van der Waals surface area (Å²) >= 11 is 3.39. The van der Waals surface area contributed by atoms with Crippen molar-refractivity contribution in [1.82, 2.24) is 4.57 Å². The van der Waals surface area contributed by atoms with Crippen molar-refractivity contribution < 1.29 is 9.90 Å². The number of fused-ring (bicyclic) bond motifs is 1. The third kappa shape index (κ3) is 1.36. The molecule has 0 radical (unpaired) electrons. The van der Waals surface area contributed by atoms with Gasteiger partial charge in [-0.3, -0.25) is 0 Å². The van der Waals surface area contributed by atoms with Gasteiger partial charge in [0, 0.05) is 28.1 Å². The van der Waals surface area contributed by atoms with Crippen LogP contribution in [0, 0.1) is 6.92 Å². The molecule has 0 aliphatic carbocycles. The smallest absolute Gasteiger partial charge is 0.338 e. The Morgan fingerprint density at radius 2 is 2.13 bits per heavy atom. The molecule has 0 unspecified atom stereocenters. The Balaban J connectivity index is 3.02. The van der Waals surface area contributed by atoms with E-state index in [0.717, 1.165) is 21.1 Å². The van der Waals surface area contributed by atoms with Crippen molar-refractivity contribution in [3.8, 4) is 0 Å². The van der Waals surface area contributed by atoms with Crippen molar-refractivity contribution in [2.45, 2.75) is 6.92 Å². The number of hydrogen-bond acceptors (Lipinski definition) is 1. The molecule has 0 fully saturated rings. The number of nitrogens with zero attached hydrogens (tertiary/aromatic N) is 1. The number of aryl methyl sites for hydroxylation is 1. The zero-order chi connectivity index (χ0) is 11.2. The van der Waals surface area contributed by atoms with E-state index in [0.29, 0.717) is 5.56 Å². The first kappa shape index (κ1) is 10.2. The van der Waals surface area contributed by atoms with Gasteiger partial charge in [0.15, 0.2) is 0 Å². The van der Waals surface area contributed by atoms with E-state index in [9.17, 15) is 4.79 Å². The van der Waals surface area contributed by atoms with Crippen LogP contribution in [0.3, 0.4) is 0 Å². The van der Waals surface area contributed by atoms with Crippen molar-refractivity contribution >= 4 is 32.8 Å². The second kappa shape index (κ2) is 3.38. The van der Waals surface area contributed by atoms with E-state index >= 15 is 0 Å². The minimum absolute atomic E-state index is 0.375. The van der Waals surface area contributed by atoms with Gasteiger partial charge in [0.05, 0.1) is 5.56 Å². The molecule has 15 heavy (non-hydrogen) atoms. The first-order chi connectivity index (χ1) is 7.04. The standard InChI is InChI=1S/C11H10BrNO2/c1-6-9(11(14)15)10-7(12)4-3-5-8(10)13(6)2/h3-5H,1-2H3,(H,14,15). The van der Waals surface area contributed by atoms with Crippen molar-refractivity contribution in [1.29, 1.82) is 0 Å². The highest BCUT2D eigenvalue weighted by Crippen LogP contribution is 2.31. The first-order valence-corrected chi connectivity index (χ1v) is 5.30. The Labute approximate surface area is 95.5 Å². The second-order valence-corrected chi connectivity index (χ2v) is 4.31. The van der Waals surface area contributed by atoms with E-state index in [4.69, 9.17) is 5.11 Å². The number of hydrogen-bond donors (Lipinski definition) is 1. The molecule has 0 aliphatic rings. The van der Waals surface area contributed by atoms with Crippen molar-refractivity contribution in [3.05, 3.63) is 33.9 Å². The molecule has 2 rings (SSSR count). The van der Waals surface area contributed by atoms with Gasteiger partial charge in [0.25, 0.3) is 0 Å². The molecule has 1 aromatic heterocycles. The zero-order valence-electron chi connectivity index (χ0n) is 8.41. The number of aromatic carboxylic acids is 1. The molecule has 2 aromatic rings. The summed E-state index contributed by atoms with van der Waals surface area (Å²) in [6.07, 6.45) is 0. The largest absolute Gasteiger partial charge is 0.478 e. The summed E-state index contributed by atoms with van der Waals surface area (Å²) in [6.45, 7) is 1.82. The quantitative estimate of drug-likeness (QED) is 0.863. The Bertz CT molecular complexity index is 557. The molecule has 0 saturated heterocycles. The van der Waals surface area contributed by atoms with Crippen molar-refractivity contribution in [2.24, 2.45) is 7.05 Å². The van der Waals surface area contributed by atoms with Crippen LogP contribution in [0.25, 0.3) is 10.9 Å². The molecule has 1 aromatic carbocycles. The van der Waals surface area contributed by atoms with Crippen LogP contribution in [0.2, 0.25) is 0 Å². The third-order valence-electron chi connectivity index (χ3n) is 2.68. The van der Waals surface area contributed by atoms with Gasteiger partial charge in [-0.25, -0.2) is 4.79 Å². The van der Waals surface area contributed by atoms with Gasteiger partial charge in [0.2, 0.25) is 0 Å². The van der Waals surface area contributed by atoms with Crippen LogP contribution in [0.5, 0.6) is 0 Å². The topological polar surface area (TPSA) is 42.2 Å². The molecular weight excluding hydrogens is 258 g/mol. The summed E-state index contributed by atoms with van der Waals surface area (Å²) in [4.78, 5) is 11.2. The summed E-state index contributed by atoms with van der Waals surface area (Å²) in [5.74, 6) is -0.884. The third-order valence-corrected chi connectivity index (χ3v) is 3.34. The number of benzene rings is 1. The highest BCUT2D eigenvalue weighted by Gasteiger charge is 2.19.